The molecular weight excluding hydrogens is 240 g/mol. The molecule has 1 rings (SSSR count). The van der Waals surface area contributed by atoms with Gasteiger partial charge in [-0.25, -0.2) is 0 Å². The second-order valence-corrected chi connectivity index (χ2v) is 4.61. The SMILES string of the molecule is COCCN(CCOc1cccc(C#N)c1)C(C)C. The second-order valence-electron chi connectivity index (χ2n) is 4.61. The minimum absolute atomic E-state index is 0.462. The van der Waals surface area contributed by atoms with Gasteiger partial charge in [0.05, 0.1) is 18.2 Å². The van der Waals surface area contributed by atoms with Gasteiger partial charge in [0.15, 0.2) is 0 Å². The van der Waals surface area contributed by atoms with Gasteiger partial charge in [-0.15, -0.1) is 0 Å². The van der Waals surface area contributed by atoms with Gasteiger partial charge < -0.3 is 9.47 Å². The fraction of sp³-hybridized carbons (Fsp3) is 0.533. The fourth-order valence-corrected chi connectivity index (χ4v) is 1.77. The number of methoxy groups -OCH3 is 1. The molecule has 0 saturated carbocycles. The lowest BCUT2D eigenvalue weighted by Gasteiger charge is -2.25. The Bertz CT molecular complexity index is 413. The monoisotopic (exact) mass is 262 g/mol. The smallest absolute Gasteiger partial charge is 0.120 e. The summed E-state index contributed by atoms with van der Waals surface area (Å²) in [4.78, 5) is 2.30. The number of ether oxygens (including phenoxy) is 2. The molecule has 0 spiro atoms. The maximum Gasteiger partial charge on any atom is 0.120 e. The summed E-state index contributed by atoms with van der Waals surface area (Å²) in [7, 11) is 1.71. The molecule has 0 heterocycles. The van der Waals surface area contributed by atoms with Crippen molar-refractivity contribution in [2.75, 3.05) is 33.4 Å². The first-order chi connectivity index (χ1) is 9.17. The van der Waals surface area contributed by atoms with E-state index >= 15 is 0 Å². The highest BCUT2D eigenvalue weighted by Crippen LogP contribution is 2.12. The molecule has 0 N–H and O–H groups in total. The molecule has 0 unspecified atom stereocenters. The zero-order chi connectivity index (χ0) is 14.1. The molecule has 0 amide bonds. The lowest BCUT2D eigenvalue weighted by molar-refractivity contribution is 0.116. The van der Waals surface area contributed by atoms with Gasteiger partial charge in [0, 0.05) is 26.2 Å². The van der Waals surface area contributed by atoms with E-state index in [2.05, 4.69) is 24.8 Å². The molecule has 0 bridgehead atoms. The van der Waals surface area contributed by atoms with Gasteiger partial charge in [0.25, 0.3) is 0 Å². The normalized spacial score (nSPS) is 10.7. The molecule has 0 aliphatic rings. The van der Waals surface area contributed by atoms with Gasteiger partial charge in [0.1, 0.15) is 12.4 Å². The number of nitriles is 1. The average molecular weight is 262 g/mol. The van der Waals surface area contributed by atoms with Gasteiger partial charge in [-0.2, -0.15) is 5.26 Å². The van der Waals surface area contributed by atoms with Gasteiger partial charge >= 0.3 is 0 Å². The maximum atomic E-state index is 8.82. The van der Waals surface area contributed by atoms with Crippen LogP contribution in [0.15, 0.2) is 24.3 Å². The van der Waals surface area contributed by atoms with Crippen molar-refractivity contribution >= 4 is 0 Å². The molecule has 4 heteroatoms. The highest BCUT2D eigenvalue weighted by Gasteiger charge is 2.08. The molecule has 19 heavy (non-hydrogen) atoms. The molecule has 0 saturated heterocycles. The third-order valence-electron chi connectivity index (χ3n) is 2.92. The van der Waals surface area contributed by atoms with Crippen molar-refractivity contribution in [3.8, 4) is 11.8 Å². The maximum absolute atomic E-state index is 8.82. The summed E-state index contributed by atoms with van der Waals surface area (Å²) in [5, 5.41) is 8.82. The first-order valence-corrected chi connectivity index (χ1v) is 6.53. The number of nitrogens with zero attached hydrogens (tertiary/aromatic N) is 2. The molecule has 0 fully saturated rings. The van der Waals surface area contributed by atoms with Crippen LogP contribution in [0.4, 0.5) is 0 Å². The zero-order valence-corrected chi connectivity index (χ0v) is 11.9. The van der Waals surface area contributed by atoms with Crippen molar-refractivity contribution < 1.29 is 9.47 Å². The zero-order valence-electron chi connectivity index (χ0n) is 11.9. The molecule has 1 aromatic rings. The third-order valence-corrected chi connectivity index (χ3v) is 2.92. The Balaban J connectivity index is 2.40. The predicted molar refractivity (Wildman–Crippen MR) is 75.2 cm³/mol. The van der Waals surface area contributed by atoms with Crippen LogP contribution in [0, 0.1) is 11.3 Å². The van der Waals surface area contributed by atoms with Crippen molar-refractivity contribution in [3.05, 3.63) is 29.8 Å². The van der Waals surface area contributed by atoms with E-state index in [0.717, 1.165) is 25.4 Å². The number of benzene rings is 1. The van der Waals surface area contributed by atoms with Crippen LogP contribution in [0.25, 0.3) is 0 Å². The van der Waals surface area contributed by atoms with Crippen molar-refractivity contribution in [3.63, 3.8) is 0 Å². The minimum Gasteiger partial charge on any atom is -0.492 e. The number of rotatable bonds is 8. The fourth-order valence-electron chi connectivity index (χ4n) is 1.77. The topological polar surface area (TPSA) is 45.5 Å². The van der Waals surface area contributed by atoms with E-state index in [1.165, 1.54) is 0 Å². The summed E-state index contributed by atoms with van der Waals surface area (Å²) in [6, 6.07) is 9.80. The van der Waals surface area contributed by atoms with Gasteiger partial charge in [0.2, 0.25) is 0 Å². The average Bonchev–Trinajstić information content (AvgIpc) is 2.42. The molecule has 0 atom stereocenters. The van der Waals surface area contributed by atoms with E-state index in [0.29, 0.717) is 18.2 Å². The minimum atomic E-state index is 0.462. The van der Waals surface area contributed by atoms with Crippen LogP contribution in [0.2, 0.25) is 0 Å². The van der Waals surface area contributed by atoms with Gasteiger partial charge in [-0.05, 0) is 32.0 Å². The molecular formula is C15H22N2O2. The number of hydrogen-bond donors (Lipinski definition) is 0. The van der Waals surface area contributed by atoms with E-state index in [9.17, 15) is 0 Å². The molecule has 0 radical (unpaired) electrons. The van der Waals surface area contributed by atoms with E-state index in [-0.39, 0.29) is 0 Å². The molecule has 104 valence electrons. The predicted octanol–water partition coefficient (Wildman–Crippen LogP) is 2.29. The van der Waals surface area contributed by atoms with Gasteiger partial charge in [-0.3, -0.25) is 4.90 Å². The van der Waals surface area contributed by atoms with E-state index in [4.69, 9.17) is 14.7 Å². The Kier molecular flexibility index (Phi) is 6.94. The van der Waals surface area contributed by atoms with Crippen LogP contribution in [-0.4, -0.2) is 44.4 Å². The van der Waals surface area contributed by atoms with E-state index in [1.54, 1.807) is 19.2 Å². The summed E-state index contributed by atoms with van der Waals surface area (Å²) < 4.78 is 10.8. The van der Waals surface area contributed by atoms with E-state index < -0.39 is 0 Å². The number of hydrogen-bond acceptors (Lipinski definition) is 4. The Labute approximate surface area is 115 Å². The van der Waals surface area contributed by atoms with E-state index in [1.807, 2.05) is 12.1 Å². The molecule has 4 nitrogen and oxygen atoms in total. The van der Waals surface area contributed by atoms with Crippen LogP contribution in [-0.2, 0) is 4.74 Å². The molecule has 0 aromatic heterocycles. The van der Waals surface area contributed by atoms with Crippen LogP contribution in [0.1, 0.15) is 19.4 Å². The Morgan fingerprint density at radius 3 is 2.63 bits per heavy atom. The van der Waals surface area contributed by atoms with Gasteiger partial charge in [-0.1, -0.05) is 6.07 Å². The summed E-state index contributed by atoms with van der Waals surface area (Å²) in [5.74, 6) is 0.745. The first kappa shape index (κ1) is 15.5. The standard InChI is InChI=1S/C15H22N2O2/c1-13(2)17(7-9-18-3)8-10-19-15-6-4-5-14(11-15)12-16/h4-6,11,13H,7-10H2,1-3H3. The van der Waals surface area contributed by atoms with Crippen LogP contribution in [0.5, 0.6) is 5.75 Å². The highest BCUT2D eigenvalue weighted by molar-refractivity contribution is 5.36. The van der Waals surface area contributed by atoms with Crippen molar-refractivity contribution in [1.29, 1.82) is 5.26 Å². The molecule has 0 aliphatic carbocycles. The summed E-state index contributed by atoms with van der Waals surface area (Å²) >= 11 is 0. The molecule has 1 aromatic carbocycles. The molecule has 0 aliphatic heterocycles. The lowest BCUT2D eigenvalue weighted by atomic mass is 10.2. The van der Waals surface area contributed by atoms with Crippen molar-refractivity contribution in [1.82, 2.24) is 4.90 Å². The van der Waals surface area contributed by atoms with Crippen molar-refractivity contribution in [2.24, 2.45) is 0 Å². The lowest BCUT2D eigenvalue weighted by Crippen LogP contribution is -2.37. The van der Waals surface area contributed by atoms with Crippen molar-refractivity contribution in [2.45, 2.75) is 19.9 Å². The Morgan fingerprint density at radius 2 is 2.00 bits per heavy atom. The second kappa shape index (κ2) is 8.52. The Morgan fingerprint density at radius 1 is 1.26 bits per heavy atom. The third kappa shape index (κ3) is 5.73. The van der Waals surface area contributed by atoms with Crippen LogP contribution in [0.3, 0.4) is 0 Å². The quantitative estimate of drug-likeness (QED) is 0.721. The Hall–Kier alpha value is -1.57. The first-order valence-electron chi connectivity index (χ1n) is 6.53. The largest absolute Gasteiger partial charge is 0.492 e. The summed E-state index contributed by atoms with van der Waals surface area (Å²) in [6.45, 7) is 7.39. The summed E-state index contributed by atoms with van der Waals surface area (Å²) in [5.41, 5.74) is 0.623. The highest BCUT2D eigenvalue weighted by atomic mass is 16.5. The summed E-state index contributed by atoms with van der Waals surface area (Å²) in [6.07, 6.45) is 0. The van der Waals surface area contributed by atoms with Crippen LogP contribution < -0.4 is 4.74 Å². The van der Waals surface area contributed by atoms with Crippen LogP contribution >= 0.6 is 0 Å².